The average molecular weight is 426 g/mol. The molecule has 1 aliphatic heterocycles. The van der Waals surface area contributed by atoms with Gasteiger partial charge in [-0.25, -0.2) is 4.98 Å². The SMILES string of the molecule is CCCCNc1nc(N)nc2cn(Cc3ccc(CNCC4COC4)cc3OC)nc12. The number of hydrogen-bond acceptors (Lipinski definition) is 8. The van der Waals surface area contributed by atoms with E-state index in [-0.39, 0.29) is 5.95 Å². The van der Waals surface area contributed by atoms with Gasteiger partial charge in [-0.2, -0.15) is 10.1 Å². The van der Waals surface area contributed by atoms with Gasteiger partial charge in [0.2, 0.25) is 5.95 Å². The Labute approximate surface area is 182 Å². The molecule has 1 fully saturated rings. The molecule has 0 saturated carbocycles. The second-order valence-corrected chi connectivity index (χ2v) is 7.95. The number of nitrogens with two attached hydrogens (primary N) is 1. The second-order valence-electron chi connectivity index (χ2n) is 7.95. The van der Waals surface area contributed by atoms with Gasteiger partial charge in [0.25, 0.3) is 0 Å². The summed E-state index contributed by atoms with van der Waals surface area (Å²) >= 11 is 0. The molecule has 1 aliphatic rings. The summed E-state index contributed by atoms with van der Waals surface area (Å²) in [4.78, 5) is 8.67. The molecule has 4 N–H and O–H groups in total. The van der Waals surface area contributed by atoms with Gasteiger partial charge in [0, 0.05) is 31.1 Å². The molecule has 2 aromatic heterocycles. The number of hydrogen-bond donors (Lipinski definition) is 3. The maximum atomic E-state index is 5.89. The number of nitrogen functional groups attached to an aromatic ring is 1. The Morgan fingerprint density at radius 3 is 2.90 bits per heavy atom. The molecule has 0 atom stereocenters. The van der Waals surface area contributed by atoms with Gasteiger partial charge in [0.05, 0.1) is 33.1 Å². The maximum absolute atomic E-state index is 5.89. The third-order valence-electron chi connectivity index (χ3n) is 5.40. The third kappa shape index (κ3) is 5.23. The standard InChI is InChI=1S/C22H31N7O2/c1-3-4-7-25-21-20-18(26-22(23)27-21)12-29(28-20)11-17-6-5-15(8-19(17)30-2)9-24-10-16-13-31-14-16/h5-6,8,12,16,24H,3-4,7,9-11,13-14H2,1-2H3,(H3,23,25,26,27). The predicted octanol–water partition coefficient (Wildman–Crippen LogP) is 2.41. The number of ether oxygens (including phenoxy) is 2. The largest absolute Gasteiger partial charge is 0.496 e. The normalized spacial score (nSPS) is 14.0. The van der Waals surface area contributed by atoms with Crippen molar-refractivity contribution in [2.75, 3.05) is 44.5 Å². The molecule has 0 aliphatic carbocycles. The fraction of sp³-hybridized carbons (Fsp3) is 0.500. The van der Waals surface area contributed by atoms with Crippen molar-refractivity contribution in [1.82, 2.24) is 25.1 Å². The van der Waals surface area contributed by atoms with Crippen LogP contribution in [0.25, 0.3) is 11.0 Å². The minimum atomic E-state index is 0.244. The van der Waals surface area contributed by atoms with E-state index in [9.17, 15) is 0 Å². The van der Waals surface area contributed by atoms with Gasteiger partial charge in [-0.3, -0.25) is 4.68 Å². The highest BCUT2D eigenvalue weighted by Gasteiger charge is 2.17. The van der Waals surface area contributed by atoms with Crippen LogP contribution < -0.4 is 21.1 Å². The third-order valence-corrected chi connectivity index (χ3v) is 5.40. The fourth-order valence-electron chi connectivity index (χ4n) is 3.59. The van der Waals surface area contributed by atoms with Crippen molar-refractivity contribution >= 4 is 22.8 Å². The number of benzene rings is 1. The van der Waals surface area contributed by atoms with Crippen molar-refractivity contribution < 1.29 is 9.47 Å². The van der Waals surface area contributed by atoms with Crippen LogP contribution >= 0.6 is 0 Å². The molecule has 1 aromatic carbocycles. The molecule has 0 radical (unpaired) electrons. The van der Waals surface area contributed by atoms with E-state index in [4.69, 9.17) is 20.3 Å². The summed E-state index contributed by atoms with van der Waals surface area (Å²) in [7, 11) is 1.70. The molecule has 3 aromatic rings. The summed E-state index contributed by atoms with van der Waals surface area (Å²) in [6.45, 7) is 7.05. The Morgan fingerprint density at radius 1 is 1.29 bits per heavy atom. The van der Waals surface area contributed by atoms with Crippen molar-refractivity contribution in [3.63, 3.8) is 0 Å². The Kier molecular flexibility index (Phi) is 6.83. The summed E-state index contributed by atoms with van der Waals surface area (Å²) in [5.41, 5.74) is 9.58. The maximum Gasteiger partial charge on any atom is 0.222 e. The number of methoxy groups -OCH3 is 1. The van der Waals surface area contributed by atoms with Crippen molar-refractivity contribution in [3.05, 3.63) is 35.5 Å². The zero-order valence-corrected chi connectivity index (χ0v) is 18.2. The van der Waals surface area contributed by atoms with Crippen LogP contribution in [0.5, 0.6) is 5.75 Å². The highest BCUT2D eigenvalue weighted by molar-refractivity contribution is 5.85. The monoisotopic (exact) mass is 425 g/mol. The van der Waals surface area contributed by atoms with Crippen molar-refractivity contribution in [2.24, 2.45) is 5.92 Å². The molecular weight excluding hydrogens is 394 g/mol. The topological polar surface area (TPSA) is 112 Å². The quantitative estimate of drug-likeness (QED) is 0.402. The van der Waals surface area contributed by atoms with E-state index in [0.717, 1.165) is 68.0 Å². The number of rotatable bonds is 11. The van der Waals surface area contributed by atoms with Crippen LogP contribution in [-0.2, 0) is 17.8 Å². The molecule has 0 spiro atoms. The van der Waals surface area contributed by atoms with E-state index in [0.29, 0.717) is 18.3 Å². The van der Waals surface area contributed by atoms with Gasteiger partial charge < -0.3 is 25.8 Å². The Hall–Kier alpha value is -2.91. The number of anilines is 2. The average Bonchev–Trinajstić information content (AvgIpc) is 3.13. The van der Waals surface area contributed by atoms with E-state index < -0.39 is 0 Å². The summed E-state index contributed by atoms with van der Waals surface area (Å²) in [6, 6.07) is 6.30. The van der Waals surface area contributed by atoms with Crippen LogP contribution in [0.15, 0.2) is 24.4 Å². The highest BCUT2D eigenvalue weighted by atomic mass is 16.5. The first-order valence-electron chi connectivity index (χ1n) is 10.8. The van der Waals surface area contributed by atoms with Crippen molar-refractivity contribution in [3.8, 4) is 5.75 Å². The molecule has 0 unspecified atom stereocenters. The fourth-order valence-corrected chi connectivity index (χ4v) is 3.59. The predicted molar refractivity (Wildman–Crippen MR) is 121 cm³/mol. The first kappa shape index (κ1) is 21.3. The first-order chi connectivity index (χ1) is 15.2. The van der Waals surface area contributed by atoms with Gasteiger partial charge in [-0.05, 0) is 18.1 Å². The van der Waals surface area contributed by atoms with Gasteiger partial charge in [-0.15, -0.1) is 0 Å². The van der Waals surface area contributed by atoms with Gasteiger partial charge in [0.1, 0.15) is 11.3 Å². The molecule has 31 heavy (non-hydrogen) atoms. The highest BCUT2D eigenvalue weighted by Crippen LogP contribution is 2.24. The Morgan fingerprint density at radius 2 is 2.16 bits per heavy atom. The molecule has 0 bridgehead atoms. The second kappa shape index (κ2) is 9.93. The minimum absolute atomic E-state index is 0.244. The van der Waals surface area contributed by atoms with Crippen LogP contribution in [0.3, 0.4) is 0 Å². The number of unbranched alkanes of at least 4 members (excludes halogenated alkanes) is 1. The van der Waals surface area contributed by atoms with Crippen molar-refractivity contribution in [2.45, 2.75) is 32.9 Å². The summed E-state index contributed by atoms with van der Waals surface area (Å²) < 4.78 is 12.7. The number of nitrogens with one attached hydrogen (secondary N) is 2. The summed E-state index contributed by atoms with van der Waals surface area (Å²) in [5.74, 6) is 2.40. The lowest BCUT2D eigenvalue weighted by atomic mass is 10.1. The van der Waals surface area contributed by atoms with E-state index in [1.807, 2.05) is 10.9 Å². The summed E-state index contributed by atoms with van der Waals surface area (Å²) in [5, 5.41) is 11.5. The van der Waals surface area contributed by atoms with E-state index in [1.54, 1.807) is 7.11 Å². The first-order valence-corrected chi connectivity index (χ1v) is 10.8. The molecule has 9 nitrogen and oxygen atoms in total. The Balaban J connectivity index is 1.47. The van der Waals surface area contributed by atoms with Crippen LogP contribution in [0, 0.1) is 5.92 Å². The van der Waals surface area contributed by atoms with Crippen LogP contribution in [-0.4, -0.2) is 53.2 Å². The number of nitrogens with zero attached hydrogens (tertiary/aromatic N) is 4. The molecule has 0 amide bonds. The molecule has 9 heteroatoms. The minimum Gasteiger partial charge on any atom is -0.496 e. The molecule has 1 saturated heterocycles. The molecule has 4 rings (SSSR count). The molecule has 166 valence electrons. The lowest BCUT2D eigenvalue weighted by Gasteiger charge is -2.26. The molecule has 3 heterocycles. The van der Waals surface area contributed by atoms with Gasteiger partial charge >= 0.3 is 0 Å². The smallest absolute Gasteiger partial charge is 0.222 e. The van der Waals surface area contributed by atoms with E-state index in [2.05, 4.69) is 45.7 Å². The van der Waals surface area contributed by atoms with Crippen molar-refractivity contribution in [1.29, 1.82) is 0 Å². The summed E-state index contributed by atoms with van der Waals surface area (Å²) in [6.07, 6.45) is 4.05. The number of aromatic nitrogens is 4. The van der Waals surface area contributed by atoms with Crippen LogP contribution in [0.2, 0.25) is 0 Å². The zero-order chi connectivity index (χ0) is 21.6. The van der Waals surface area contributed by atoms with E-state index in [1.165, 1.54) is 5.56 Å². The van der Waals surface area contributed by atoms with Gasteiger partial charge in [-0.1, -0.05) is 25.5 Å². The van der Waals surface area contributed by atoms with Gasteiger partial charge in [0.15, 0.2) is 11.3 Å². The van der Waals surface area contributed by atoms with Crippen LogP contribution in [0.1, 0.15) is 30.9 Å². The van der Waals surface area contributed by atoms with Crippen LogP contribution in [0.4, 0.5) is 11.8 Å². The molecular formula is C22H31N7O2. The lowest BCUT2D eigenvalue weighted by molar-refractivity contribution is -0.0307. The zero-order valence-electron chi connectivity index (χ0n) is 18.2. The Bertz CT molecular complexity index is 1020. The lowest BCUT2D eigenvalue weighted by Crippen LogP contribution is -2.36. The van der Waals surface area contributed by atoms with E-state index >= 15 is 0 Å². The number of fused-ring (bicyclic) bond motifs is 1.